The molecule has 0 fully saturated rings. The highest BCUT2D eigenvalue weighted by Gasteiger charge is 2.03. The fourth-order valence-electron chi connectivity index (χ4n) is 1.39. The van der Waals surface area contributed by atoms with Gasteiger partial charge in [0.05, 0.1) is 6.33 Å². The van der Waals surface area contributed by atoms with E-state index in [4.69, 9.17) is 5.11 Å². The summed E-state index contributed by atoms with van der Waals surface area (Å²) in [5.74, 6) is -2.02. The van der Waals surface area contributed by atoms with E-state index in [0.29, 0.717) is 12.6 Å². The van der Waals surface area contributed by atoms with Gasteiger partial charge in [-0.3, -0.25) is 10.1 Å². The van der Waals surface area contributed by atoms with Crippen LogP contribution in [0.25, 0.3) is 0 Å². The van der Waals surface area contributed by atoms with Gasteiger partial charge in [-0.2, -0.15) is 0 Å². The summed E-state index contributed by atoms with van der Waals surface area (Å²) in [7, 11) is 0. The van der Waals surface area contributed by atoms with Crippen LogP contribution in [0.5, 0.6) is 0 Å². The van der Waals surface area contributed by atoms with Crippen molar-refractivity contribution in [2.75, 3.05) is 6.54 Å². The number of aliphatic carboxylic acids is 1. The predicted molar refractivity (Wildman–Crippen MR) is 69.8 cm³/mol. The zero-order chi connectivity index (χ0) is 14.8. The molecule has 0 saturated heterocycles. The maximum atomic E-state index is 11.3. The second kappa shape index (κ2) is 8.46. The Morgan fingerprint density at radius 1 is 1.25 bits per heavy atom. The van der Waals surface area contributed by atoms with Gasteiger partial charge in [0.2, 0.25) is 0 Å². The molecule has 0 atom stereocenters. The number of unbranched alkanes of at least 4 members (excludes halogenated alkanes) is 1. The molecular weight excluding hydrogens is 264 g/mol. The fourth-order valence-corrected chi connectivity index (χ4v) is 1.39. The van der Waals surface area contributed by atoms with Gasteiger partial charge in [-0.15, -0.1) is 0 Å². The Balaban J connectivity index is 2.08. The van der Waals surface area contributed by atoms with Gasteiger partial charge in [0.25, 0.3) is 5.91 Å². The lowest BCUT2D eigenvalue weighted by atomic mass is 10.3. The highest BCUT2D eigenvalue weighted by atomic mass is 16.4. The Labute approximate surface area is 115 Å². The molecule has 0 aliphatic rings. The molecule has 0 aliphatic carbocycles. The molecule has 108 valence electrons. The van der Waals surface area contributed by atoms with Gasteiger partial charge in [-0.1, -0.05) is 0 Å². The number of nitrogens with zero attached hydrogens (tertiary/aromatic N) is 2. The molecule has 0 spiro atoms. The molecule has 1 aromatic rings. The summed E-state index contributed by atoms with van der Waals surface area (Å²) < 4.78 is 1.93. The first kappa shape index (κ1) is 15.4. The highest BCUT2D eigenvalue weighted by molar-refractivity contribution is 6.02. The molecule has 3 N–H and O–H groups in total. The van der Waals surface area contributed by atoms with Gasteiger partial charge < -0.3 is 15.0 Å². The van der Waals surface area contributed by atoms with Gasteiger partial charge >= 0.3 is 12.0 Å². The number of carbonyl (C=O) groups excluding carboxylic acids is 2. The Morgan fingerprint density at radius 3 is 2.70 bits per heavy atom. The van der Waals surface area contributed by atoms with Gasteiger partial charge in [0.1, 0.15) is 0 Å². The number of aryl methyl sites for hydroxylation is 1. The molecule has 8 nitrogen and oxygen atoms in total. The maximum absolute atomic E-state index is 11.3. The minimum Gasteiger partial charge on any atom is -0.478 e. The van der Waals surface area contributed by atoms with Crippen LogP contribution in [0.2, 0.25) is 0 Å². The number of hydrogen-bond donors (Lipinski definition) is 3. The van der Waals surface area contributed by atoms with E-state index in [2.05, 4.69) is 10.3 Å². The van der Waals surface area contributed by atoms with E-state index in [9.17, 15) is 14.4 Å². The summed E-state index contributed by atoms with van der Waals surface area (Å²) >= 11 is 0. The summed E-state index contributed by atoms with van der Waals surface area (Å²) in [6.45, 7) is 1.24. The van der Waals surface area contributed by atoms with Crippen molar-refractivity contribution in [1.29, 1.82) is 0 Å². The fraction of sp³-hybridized carbons (Fsp3) is 0.333. The van der Waals surface area contributed by atoms with Crippen LogP contribution in [0.1, 0.15) is 12.8 Å². The van der Waals surface area contributed by atoms with Gasteiger partial charge in [-0.25, -0.2) is 14.6 Å². The second-order valence-electron chi connectivity index (χ2n) is 3.92. The first-order valence-corrected chi connectivity index (χ1v) is 6.03. The predicted octanol–water partition coefficient (Wildman–Crippen LogP) is 0.130. The van der Waals surface area contributed by atoms with E-state index in [1.54, 1.807) is 12.5 Å². The maximum Gasteiger partial charge on any atom is 0.328 e. The summed E-state index contributed by atoms with van der Waals surface area (Å²) in [6, 6.07) is -0.646. The average Bonchev–Trinajstić information content (AvgIpc) is 2.89. The van der Waals surface area contributed by atoms with Gasteiger partial charge in [0.15, 0.2) is 0 Å². The molecule has 1 heterocycles. The zero-order valence-corrected chi connectivity index (χ0v) is 10.8. The number of imidazole rings is 1. The van der Waals surface area contributed by atoms with Crippen molar-refractivity contribution >= 4 is 17.9 Å². The first-order valence-electron chi connectivity index (χ1n) is 6.03. The highest BCUT2D eigenvalue weighted by Crippen LogP contribution is 1.93. The van der Waals surface area contributed by atoms with E-state index in [0.717, 1.165) is 25.5 Å². The number of rotatable bonds is 7. The summed E-state index contributed by atoms with van der Waals surface area (Å²) in [5.41, 5.74) is 0. The van der Waals surface area contributed by atoms with Crippen LogP contribution in [0.15, 0.2) is 30.9 Å². The lowest BCUT2D eigenvalue weighted by molar-refractivity contribution is -0.131. The molecule has 20 heavy (non-hydrogen) atoms. The van der Waals surface area contributed by atoms with Gasteiger partial charge in [-0.05, 0) is 12.8 Å². The number of carboxylic acids is 1. The summed E-state index contributed by atoms with van der Waals surface area (Å²) in [6.07, 6.45) is 8.33. The Kier molecular flexibility index (Phi) is 6.52. The normalized spacial score (nSPS) is 10.4. The molecule has 0 bridgehead atoms. The van der Waals surface area contributed by atoms with Crippen LogP contribution >= 0.6 is 0 Å². The zero-order valence-electron chi connectivity index (χ0n) is 10.8. The van der Waals surface area contributed by atoms with Crippen molar-refractivity contribution in [1.82, 2.24) is 20.2 Å². The molecule has 0 radical (unpaired) electrons. The monoisotopic (exact) mass is 280 g/mol. The number of carbonyl (C=O) groups is 3. The number of carboxylic acid groups (broad SMARTS) is 1. The first-order chi connectivity index (χ1) is 9.58. The van der Waals surface area contributed by atoms with Crippen LogP contribution < -0.4 is 10.6 Å². The van der Waals surface area contributed by atoms with Crippen molar-refractivity contribution in [2.45, 2.75) is 19.4 Å². The molecule has 0 saturated carbocycles. The van der Waals surface area contributed by atoms with Crippen LogP contribution in [0.4, 0.5) is 4.79 Å². The minimum absolute atomic E-state index is 0.427. The molecular formula is C12H16N4O4. The Morgan fingerprint density at radius 2 is 2.05 bits per heavy atom. The number of nitrogens with one attached hydrogen (secondary N) is 2. The van der Waals surface area contributed by atoms with E-state index < -0.39 is 17.9 Å². The van der Waals surface area contributed by atoms with Crippen molar-refractivity contribution in [3.05, 3.63) is 30.9 Å². The lowest BCUT2D eigenvalue weighted by Crippen LogP contribution is -2.39. The Bertz CT molecular complexity index is 482. The Hall–Kier alpha value is -2.64. The number of hydrogen-bond acceptors (Lipinski definition) is 4. The SMILES string of the molecule is O=C(O)C=CC(=O)NC(=O)NCCCCn1ccnc1. The largest absolute Gasteiger partial charge is 0.478 e. The van der Waals surface area contributed by atoms with E-state index in [1.807, 2.05) is 16.1 Å². The quantitative estimate of drug-likeness (QED) is 0.485. The average molecular weight is 280 g/mol. The van der Waals surface area contributed by atoms with Crippen molar-refractivity contribution in [2.24, 2.45) is 0 Å². The number of urea groups is 1. The number of aromatic nitrogens is 2. The van der Waals surface area contributed by atoms with E-state index in [-0.39, 0.29) is 0 Å². The third kappa shape index (κ3) is 6.94. The summed E-state index contributed by atoms with van der Waals surface area (Å²) in [4.78, 5) is 36.4. The lowest BCUT2D eigenvalue weighted by Gasteiger charge is -2.05. The van der Waals surface area contributed by atoms with Crippen LogP contribution in [0.3, 0.4) is 0 Å². The topological polar surface area (TPSA) is 113 Å². The van der Waals surface area contributed by atoms with Gasteiger partial charge in [0, 0.05) is 37.6 Å². The molecule has 0 aromatic carbocycles. The molecule has 1 aromatic heterocycles. The standard InChI is InChI=1S/C12H16N4O4/c17-10(3-4-11(18)19)15-12(20)14-5-1-2-7-16-8-6-13-9-16/h3-4,6,8-9H,1-2,5,7H2,(H,18,19)(H2,14,15,17,20). The van der Waals surface area contributed by atoms with Crippen LogP contribution in [-0.2, 0) is 16.1 Å². The van der Waals surface area contributed by atoms with Crippen LogP contribution in [-0.4, -0.2) is 39.1 Å². The van der Waals surface area contributed by atoms with E-state index >= 15 is 0 Å². The van der Waals surface area contributed by atoms with Crippen LogP contribution in [0, 0.1) is 0 Å². The molecule has 0 aliphatic heterocycles. The number of imide groups is 1. The van der Waals surface area contributed by atoms with Crippen molar-refractivity contribution in [3.63, 3.8) is 0 Å². The third-order valence-corrected chi connectivity index (χ3v) is 2.30. The molecule has 0 unspecified atom stereocenters. The third-order valence-electron chi connectivity index (χ3n) is 2.30. The molecule has 1 rings (SSSR count). The second-order valence-corrected chi connectivity index (χ2v) is 3.92. The van der Waals surface area contributed by atoms with E-state index in [1.165, 1.54) is 0 Å². The number of amides is 3. The molecule has 8 heteroatoms. The minimum atomic E-state index is -1.25. The summed E-state index contributed by atoms with van der Waals surface area (Å²) in [5, 5.41) is 12.8. The smallest absolute Gasteiger partial charge is 0.328 e. The van der Waals surface area contributed by atoms with Crippen molar-refractivity contribution in [3.8, 4) is 0 Å². The van der Waals surface area contributed by atoms with Crippen molar-refractivity contribution < 1.29 is 19.5 Å². The molecule has 3 amide bonds.